The molecule has 0 radical (unpaired) electrons. The summed E-state index contributed by atoms with van der Waals surface area (Å²) in [4.78, 5) is 14.7. The third-order valence-corrected chi connectivity index (χ3v) is 2.48. The van der Waals surface area contributed by atoms with Crippen molar-refractivity contribution in [2.75, 3.05) is 11.9 Å². The second-order valence-corrected chi connectivity index (χ2v) is 3.80. The molecule has 0 spiro atoms. The first-order valence-corrected chi connectivity index (χ1v) is 4.89. The van der Waals surface area contributed by atoms with E-state index in [2.05, 4.69) is 14.7 Å². The zero-order valence-corrected chi connectivity index (χ0v) is 7.80. The first-order valence-electron chi connectivity index (χ1n) is 4.11. The average molecular weight is 198 g/mol. The molecule has 0 aliphatic heterocycles. The number of rotatable bonds is 4. The van der Waals surface area contributed by atoms with Gasteiger partial charge in [-0.2, -0.15) is 4.37 Å². The van der Waals surface area contributed by atoms with Gasteiger partial charge in [0.2, 0.25) is 11.0 Å². The van der Waals surface area contributed by atoms with Crippen molar-refractivity contribution in [3.05, 3.63) is 5.82 Å². The minimum absolute atomic E-state index is 0.124. The molecule has 0 aromatic carbocycles. The van der Waals surface area contributed by atoms with Gasteiger partial charge < -0.3 is 11.1 Å². The molecule has 3 N–H and O–H groups in total. The highest BCUT2D eigenvalue weighted by molar-refractivity contribution is 7.09. The zero-order valence-electron chi connectivity index (χ0n) is 6.99. The van der Waals surface area contributed by atoms with Crippen LogP contribution in [0, 0.1) is 0 Å². The van der Waals surface area contributed by atoms with Crippen LogP contribution in [0.4, 0.5) is 5.13 Å². The van der Waals surface area contributed by atoms with Gasteiger partial charge in [-0.05, 0) is 12.8 Å². The SMILES string of the molecule is NC(=O)CNc1nc(C2CC2)ns1. The summed E-state index contributed by atoms with van der Waals surface area (Å²) in [5.74, 6) is 1.07. The second-order valence-electron chi connectivity index (χ2n) is 3.05. The van der Waals surface area contributed by atoms with E-state index in [0.717, 1.165) is 5.82 Å². The number of anilines is 1. The van der Waals surface area contributed by atoms with Crippen molar-refractivity contribution in [2.45, 2.75) is 18.8 Å². The van der Waals surface area contributed by atoms with Gasteiger partial charge in [0.1, 0.15) is 5.82 Å². The lowest BCUT2D eigenvalue weighted by Gasteiger charge is -1.95. The Bertz CT molecular complexity index is 320. The number of carbonyl (C=O) groups is 1. The predicted molar refractivity (Wildman–Crippen MR) is 49.6 cm³/mol. The van der Waals surface area contributed by atoms with Crippen molar-refractivity contribution in [1.29, 1.82) is 0 Å². The lowest BCUT2D eigenvalue weighted by atomic mass is 10.4. The van der Waals surface area contributed by atoms with E-state index in [4.69, 9.17) is 5.73 Å². The van der Waals surface area contributed by atoms with Crippen LogP contribution in [0.3, 0.4) is 0 Å². The summed E-state index contributed by atoms with van der Waals surface area (Å²) in [5.41, 5.74) is 4.97. The van der Waals surface area contributed by atoms with Gasteiger partial charge in [-0.25, -0.2) is 4.98 Å². The molecule has 0 atom stereocenters. The Morgan fingerprint density at radius 3 is 3.08 bits per heavy atom. The van der Waals surface area contributed by atoms with Gasteiger partial charge in [-0.15, -0.1) is 0 Å². The van der Waals surface area contributed by atoms with Crippen LogP contribution in [0.1, 0.15) is 24.6 Å². The molecule has 1 aromatic rings. The zero-order chi connectivity index (χ0) is 9.26. The minimum Gasteiger partial charge on any atom is -0.368 e. The Kier molecular flexibility index (Phi) is 2.13. The van der Waals surface area contributed by atoms with Crippen molar-refractivity contribution in [1.82, 2.24) is 9.36 Å². The van der Waals surface area contributed by atoms with Crippen molar-refractivity contribution >= 4 is 22.6 Å². The topological polar surface area (TPSA) is 80.9 Å². The Balaban J connectivity index is 1.92. The lowest BCUT2D eigenvalue weighted by molar-refractivity contribution is -0.116. The van der Waals surface area contributed by atoms with E-state index in [1.165, 1.54) is 24.4 Å². The Labute approximate surface area is 79.5 Å². The third-order valence-electron chi connectivity index (χ3n) is 1.80. The maximum absolute atomic E-state index is 10.4. The quantitative estimate of drug-likeness (QED) is 0.729. The number of amides is 1. The molecule has 1 saturated carbocycles. The number of carbonyl (C=O) groups excluding carboxylic acids is 1. The summed E-state index contributed by atoms with van der Waals surface area (Å²) in [6, 6.07) is 0. The molecule has 1 aliphatic rings. The first kappa shape index (κ1) is 8.43. The Morgan fingerprint density at radius 2 is 2.46 bits per heavy atom. The van der Waals surface area contributed by atoms with Crippen LogP contribution in [-0.2, 0) is 4.79 Å². The summed E-state index contributed by atoms with van der Waals surface area (Å²) in [5, 5.41) is 3.50. The smallest absolute Gasteiger partial charge is 0.236 e. The highest BCUT2D eigenvalue weighted by atomic mass is 32.1. The molecule has 1 amide bonds. The van der Waals surface area contributed by atoms with E-state index in [1.807, 2.05) is 0 Å². The lowest BCUT2D eigenvalue weighted by Crippen LogP contribution is -2.21. The number of primary amides is 1. The van der Waals surface area contributed by atoms with Crippen LogP contribution in [0.5, 0.6) is 0 Å². The molecule has 13 heavy (non-hydrogen) atoms. The van der Waals surface area contributed by atoms with Gasteiger partial charge in [-0.3, -0.25) is 4.79 Å². The van der Waals surface area contributed by atoms with Crippen LogP contribution in [0.25, 0.3) is 0 Å². The van der Waals surface area contributed by atoms with Crippen molar-refractivity contribution in [3.63, 3.8) is 0 Å². The van der Waals surface area contributed by atoms with Crippen LogP contribution in [0.2, 0.25) is 0 Å². The van der Waals surface area contributed by atoms with Gasteiger partial charge in [0.05, 0.1) is 6.54 Å². The molecule has 2 rings (SSSR count). The number of nitrogens with two attached hydrogens (primary N) is 1. The van der Waals surface area contributed by atoms with E-state index in [-0.39, 0.29) is 12.5 Å². The van der Waals surface area contributed by atoms with E-state index in [1.54, 1.807) is 0 Å². The summed E-state index contributed by atoms with van der Waals surface area (Å²) in [7, 11) is 0. The molecule has 0 bridgehead atoms. The molecule has 1 aromatic heterocycles. The van der Waals surface area contributed by atoms with Crippen LogP contribution in [-0.4, -0.2) is 21.8 Å². The van der Waals surface area contributed by atoms with Gasteiger partial charge in [-0.1, -0.05) is 0 Å². The molecule has 0 unspecified atom stereocenters. The number of nitrogens with zero attached hydrogens (tertiary/aromatic N) is 2. The summed E-state index contributed by atoms with van der Waals surface area (Å²) in [6.45, 7) is 0.124. The number of aromatic nitrogens is 2. The molecule has 0 saturated heterocycles. The van der Waals surface area contributed by atoms with Gasteiger partial charge in [0, 0.05) is 17.5 Å². The fraction of sp³-hybridized carbons (Fsp3) is 0.571. The normalized spacial score (nSPS) is 15.7. The predicted octanol–water partition coefficient (Wildman–Crippen LogP) is 0.313. The first-order chi connectivity index (χ1) is 6.25. The van der Waals surface area contributed by atoms with Crippen molar-refractivity contribution in [2.24, 2.45) is 5.73 Å². The van der Waals surface area contributed by atoms with Crippen LogP contribution in [0.15, 0.2) is 0 Å². The number of hydrogen-bond acceptors (Lipinski definition) is 5. The average Bonchev–Trinajstić information content (AvgIpc) is 2.83. The van der Waals surface area contributed by atoms with Crippen molar-refractivity contribution < 1.29 is 4.79 Å². The highest BCUT2D eigenvalue weighted by Crippen LogP contribution is 2.39. The van der Waals surface area contributed by atoms with Gasteiger partial charge >= 0.3 is 0 Å². The minimum atomic E-state index is -0.386. The summed E-state index contributed by atoms with van der Waals surface area (Å²) >= 11 is 1.28. The second kappa shape index (κ2) is 3.29. The largest absolute Gasteiger partial charge is 0.368 e. The van der Waals surface area contributed by atoms with Crippen LogP contribution >= 0.6 is 11.5 Å². The van der Waals surface area contributed by atoms with Gasteiger partial charge in [0.15, 0.2) is 0 Å². The maximum atomic E-state index is 10.4. The molecule has 1 heterocycles. The van der Waals surface area contributed by atoms with Gasteiger partial charge in [0.25, 0.3) is 0 Å². The third kappa shape index (κ3) is 2.15. The monoisotopic (exact) mass is 198 g/mol. The standard InChI is InChI=1S/C7H10N4OS/c8-5(12)3-9-7-10-6(11-13-7)4-1-2-4/h4H,1-3H2,(H2,8,12)(H,9,10,11). The molecule has 6 heteroatoms. The molecule has 1 fully saturated rings. The molecule has 5 nitrogen and oxygen atoms in total. The fourth-order valence-electron chi connectivity index (χ4n) is 0.977. The van der Waals surface area contributed by atoms with E-state index < -0.39 is 0 Å². The molecule has 70 valence electrons. The van der Waals surface area contributed by atoms with Crippen molar-refractivity contribution in [3.8, 4) is 0 Å². The molecular weight excluding hydrogens is 188 g/mol. The number of nitrogens with one attached hydrogen (secondary N) is 1. The molecular formula is C7H10N4OS. The Morgan fingerprint density at radius 1 is 1.69 bits per heavy atom. The van der Waals surface area contributed by atoms with E-state index in [9.17, 15) is 4.79 Å². The summed E-state index contributed by atoms with van der Waals surface area (Å²) in [6.07, 6.45) is 2.37. The van der Waals surface area contributed by atoms with E-state index >= 15 is 0 Å². The van der Waals surface area contributed by atoms with Crippen LogP contribution < -0.4 is 11.1 Å². The Hall–Kier alpha value is -1.17. The molecule has 1 aliphatic carbocycles. The van der Waals surface area contributed by atoms with E-state index in [0.29, 0.717) is 11.0 Å². The highest BCUT2D eigenvalue weighted by Gasteiger charge is 2.27. The summed E-state index contributed by atoms with van der Waals surface area (Å²) < 4.78 is 4.17. The maximum Gasteiger partial charge on any atom is 0.236 e. The number of hydrogen-bond donors (Lipinski definition) is 2. The fourth-order valence-corrected chi connectivity index (χ4v) is 1.62.